The molecule has 1 fully saturated rings. The summed E-state index contributed by atoms with van der Waals surface area (Å²) in [4.78, 5) is 11.1. The maximum Gasteiger partial charge on any atom is 0.220 e. The van der Waals surface area contributed by atoms with Gasteiger partial charge in [0.25, 0.3) is 0 Å². The molecule has 1 heterocycles. The van der Waals surface area contributed by atoms with Crippen molar-refractivity contribution in [2.45, 2.75) is 18.9 Å². The van der Waals surface area contributed by atoms with Gasteiger partial charge in [0.2, 0.25) is 5.91 Å². The Bertz CT molecular complexity index is 427. The molecule has 1 saturated heterocycles. The van der Waals surface area contributed by atoms with Gasteiger partial charge in [-0.15, -0.1) is 0 Å². The van der Waals surface area contributed by atoms with E-state index >= 15 is 0 Å². The van der Waals surface area contributed by atoms with Crippen molar-refractivity contribution >= 4 is 59.4 Å². The Hall–Kier alpha value is -0.0700. The minimum absolute atomic E-state index is 0.144. The van der Waals surface area contributed by atoms with Crippen molar-refractivity contribution in [1.29, 1.82) is 0 Å². The summed E-state index contributed by atoms with van der Waals surface area (Å²) in [5.74, 6) is 0.144. The first kappa shape index (κ1) is 13.4. The first-order valence-electron chi connectivity index (χ1n) is 5.24. The van der Waals surface area contributed by atoms with Gasteiger partial charge in [-0.2, -0.15) is 0 Å². The number of anilines is 1. The molecule has 1 atom stereocenters. The van der Waals surface area contributed by atoms with Crippen molar-refractivity contribution < 1.29 is 4.79 Å². The molecule has 0 radical (unpaired) electrons. The molecule has 1 aromatic rings. The lowest BCUT2D eigenvalue weighted by atomic mass is 10.2. The van der Waals surface area contributed by atoms with Gasteiger partial charge in [0.1, 0.15) is 0 Å². The number of nitrogens with one attached hydrogen (secondary N) is 2. The summed E-state index contributed by atoms with van der Waals surface area (Å²) in [5.41, 5.74) is 1.01. The summed E-state index contributed by atoms with van der Waals surface area (Å²) in [5, 5.41) is 6.27. The fourth-order valence-corrected chi connectivity index (χ4v) is 4.31. The van der Waals surface area contributed by atoms with E-state index in [4.69, 9.17) is 0 Å². The highest BCUT2D eigenvalue weighted by Crippen LogP contribution is 2.34. The number of carbonyl (C=O) groups excluding carboxylic acids is 1. The normalized spacial score (nSPS) is 19.2. The van der Waals surface area contributed by atoms with Crippen LogP contribution >= 0.6 is 47.8 Å². The molecule has 1 aromatic carbocycles. The van der Waals surface area contributed by atoms with Gasteiger partial charge in [-0.05, 0) is 50.4 Å². The van der Waals surface area contributed by atoms with Crippen LogP contribution in [0.15, 0.2) is 25.6 Å². The summed E-state index contributed by atoms with van der Waals surface area (Å²) < 4.78 is 2.99. The van der Waals surface area contributed by atoms with Crippen molar-refractivity contribution in [2.24, 2.45) is 0 Å². The van der Waals surface area contributed by atoms with E-state index in [0.29, 0.717) is 6.42 Å². The molecule has 1 unspecified atom stereocenters. The number of halogens is 3. The van der Waals surface area contributed by atoms with E-state index in [0.717, 1.165) is 32.1 Å². The summed E-state index contributed by atoms with van der Waals surface area (Å²) in [6.07, 6.45) is 1.53. The molecule has 92 valence electrons. The van der Waals surface area contributed by atoms with E-state index in [-0.39, 0.29) is 11.9 Å². The Morgan fingerprint density at radius 2 is 1.94 bits per heavy atom. The van der Waals surface area contributed by atoms with Crippen molar-refractivity contribution in [3.8, 4) is 0 Å². The average molecular weight is 427 g/mol. The minimum Gasteiger partial charge on any atom is -0.381 e. The predicted molar refractivity (Wildman–Crippen MR) is 79.2 cm³/mol. The molecule has 0 saturated carbocycles. The standard InChI is InChI=1S/C11H11Br3N2O/c12-6-3-8(13)11(9(14)4-6)15-5-7-1-2-10(17)16-7/h3-4,7,15H,1-2,5H2,(H,16,17). The largest absolute Gasteiger partial charge is 0.381 e. The number of carbonyl (C=O) groups is 1. The lowest BCUT2D eigenvalue weighted by Crippen LogP contribution is -2.31. The highest BCUT2D eigenvalue weighted by molar-refractivity contribution is 9.11. The molecule has 2 N–H and O–H groups in total. The molecular weight excluding hydrogens is 416 g/mol. The second kappa shape index (κ2) is 5.71. The van der Waals surface area contributed by atoms with E-state index < -0.39 is 0 Å². The van der Waals surface area contributed by atoms with Crippen LogP contribution in [0.25, 0.3) is 0 Å². The molecule has 17 heavy (non-hydrogen) atoms. The molecule has 0 bridgehead atoms. The van der Waals surface area contributed by atoms with Crippen LogP contribution in [0.2, 0.25) is 0 Å². The Labute approximate surface area is 125 Å². The second-order valence-corrected chi connectivity index (χ2v) is 6.55. The smallest absolute Gasteiger partial charge is 0.220 e. The van der Waals surface area contributed by atoms with E-state index in [1.54, 1.807) is 0 Å². The summed E-state index contributed by atoms with van der Waals surface area (Å²) in [6.45, 7) is 0.741. The molecule has 1 amide bonds. The maximum absolute atomic E-state index is 11.1. The van der Waals surface area contributed by atoms with Crippen LogP contribution in [0.1, 0.15) is 12.8 Å². The van der Waals surface area contributed by atoms with Gasteiger partial charge in [-0.3, -0.25) is 4.79 Å². The number of amides is 1. The first-order chi connectivity index (χ1) is 8.06. The molecule has 1 aliphatic heterocycles. The molecule has 3 nitrogen and oxygen atoms in total. The highest BCUT2D eigenvalue weighted by Gasteiger charge is 2.20. The van der Waals surface area contributed by atoms with Crippen molar-refractivity contribution in [3.05, 3.63) is 25.6 Å². The van der Waals surface area contributed by atoms with Crippen LogP contribution < -0.4 is 10.6 Å². The lowest BCUT2D eigenvalue weighted by Gasteiger charge is -2.15. The van der Waals surface area contributed by atoms with Gasteiger partial charge in [0.15, 0.2) is 0 Å². The van der Waals surface area contributed by atoms with Crippen molar-refractivity contribution in [1.82, 2.24) is 5.32 Å². The number of benzene rings is 1. The Balaban J connectivity index is 2.01. The average Bonchev–Trinajstić information content (AvgIpc) is 2.62. The van der Waals surface area contributed by atoms with Gasteiger partial charge in [0.05, 0.1) is 5.69 Å². The summed E-state index contributed by atoms with van der Waals surface area (Å²) >= 11 is 10.4. The summed E-state index contributed by atoms with van der Waals surface area (Å²) in [6, 6.07) is 4.20. The van der Waals surface area contributed by atoms with Gasteiger partial charge >= 0.3 is 0 Å². The van der Waals surface area contributed by atoms with Crippen LogP contribution in [0.4, 0.5) is 5.69 Å². The van der Waals surface area contributed by atoms with Gasteiger partial charge in [0, 0.05) is 32.4 Å². The zero-order chi connectivity index (χ0) is 12.4. The van der Waals surface area contributed by atoms with Crippen LogP contribution in [-0.4, -0.2) is 18.5 Å². The molecule has 2 rings (SSSR count). The molecule has 0 spiro atoms. The number of hydrogen-bond acceptors (Lipinski definition) is 2. The van der Waals surface area contributed by atoms with E-state index in [9.17, 15) is 4.79 Å². The van der Waals surface area contributed by atoms with Crippen LogP contribution in [0.5, 0.6) is 0 Å². The quantitative estimate of drug-likeness (QED) is 0.774. The minimum atomic E-state index is 0.144. The SMILES string of the molecule is O=C1CCC(CNc2c(Br)cc(Br)cc2Br)N1. The van der Waals surface area contributed by atoms with Gasteiger partial charge in [-0.1, -0.05) is 15.9 Å². The first-order valence-corrected chi connectivity index (χ1v) is 7.62. The van der Waals surface area contributed by atoms with E-state index in [1.807, 2.05) is 12.1 Å². The zero-order valence-corrected chi connectivity index (χ0v) is 13.7. The topological polar surface area (TPSA) is 41.1 Å². The molecule has 0 aromatic heterocycles. The van der Waals surface area contributed by atoms with Crippen LogP contribution in [0.3, 0.4) is 0 Å². The Morgan fingerprint density at radius 1 is 1.29 bits per heavy atom. The second-order valence-electron chi connectivity index (χ2n) is 3.93. The third-order valence-corrected chi connectivity index (χ3v) is 4.33. The highest BCUT2D eigenvalue weighted by atomic mass is 79.9. The number of hydrogen-bond donors (Lipinski definition) is 2. The molecular formula is C11H11Br3N2O. The van der Waals surface area contributed by atoms with Gasteiger partial charge < -0.3 is 10.6 Å². The lowest BCUT2D eigenvalue weighted by molar-refractivity contribution is -0.119. The maximum atomic E-state index is 11.1. The van der Waals surface area contributed by atoms with Crippen molar-refractivity contribution in [2.75, 3.05) is 11.9 Å². The fourth-order valence-electron chi connectivity index (χ4n) is 1.77. The Morgan fingerprint density at radius 3 is 2.47 bits per heavy atom. The van der Waals surface area contributed by atoms with Gasteiger partial charge in [-0.25, -0.2) is 0 Å². The Kier molecular flexibility index (Phi) is 4.49. The van der Waals surface area contributed by atoms with E-state index in [1.165, 1.54) is 0 Å². The van der Waals surface area contributed by atoms with Crippen LogP contribution in [0, 0.1) is 0 Å². The van der Waals surface area contributed by atoms with E-state index in [2.05, 4.69) is 58.4 Å². The summed E-state index contributed by atoms with van der Waals surface area (Å²) in [7, 11) is 0. The zero-order valence-electron chi connectivity index (χ0n) is 8.90. The third kappa shape index (κ3) is 3.45. The molecule has 0 aliphatic carbocycles. The van der Waals surface area contributed by atoms with Crippen molar-refractivity contribution in [3.63, 3.8) is 0 Å². The number of rotatable bonds is 3. The third-order valence-electron chi connectivity index (χ3n) is 2.62. The van der Waals surface area contributed by atoms with Crippen LogP contribution in [-0.2, 0) is 4.79 Å². The molecule has 1 aliphatic rings. The molecule has 6 heteroatoms. The monoisotopic (exact) mass is 424 g/mol. The predicted octanol–water partition coefficient (Wildman–Crippen LogP) is 3.66. The fraction of sp³-hybridized carbons (Fsp3) is 0.364.